The predicted molar refractivity (Wildman–Crippen MR) is 85.6 cm³/mol. The van der Waals surface area contributed by atoms with E-state index >= 15 is 0 Å². The van der Waals surface area contributed by atoms with Gasteiger partial charge < -0.3 is 20.5 Å². The molecule has 22 heavy (non-hydrogen) atoms. The maximum Gasteiger partial charge on any atom is 0.239 e. The van der Waals surface area contributed by atoms with Crippen molar-refractivity contribution in [2.75, 3.05) is 25.5 Å². The summed E-state index contributed by atoms with van der Waals surface area (Å²) in [6.45, 7) is 1.90. The zero-order valence-corrected chi connectivity index (χ0v) is 12.6. The van der Waals surface area contributed by atoms with Gasteiger partial charge in [0.1, 0.15) is 6.54 Å². The molecule has 1 saturated heterocycles. The summed E-state index contributed by atoms with van der Waals surface area (Å²) in [6, 6.07) is 7.73. The predicted octanol–water partition coefficient (Wildman–Crippen LogP) is 0.935. The summed E-state index contributed by atoms with van der Waals surface area (Å²) in [6.07, 6.45) is 2.76. The highest BCUT2D eigenvalue weighted by atomic mass is 16.2. The summed E-state index contributed by atoms with van der Waals surface area (Å²) in [5.41, 5.74) is 1.70. The van der Waals surface area contributed by atoms with Crippen LogP contribution >= 0.6 is 0 Å². The highest BCUT2D eigenvalue weighted by Gasteiger charge is 2.22. The molecule has 116 valence electrons. The van der Waals surface area contributed by atoms with Gasteiger partial charge in [0.25, 0.3) is 0 Å². The first kappa shape index (κ1) is 14.6. The fourth-order valence-corrected chi connectivity index (χ4v) is 2.76. The molecule has 1 aromatic heterocycles. The van der Waals surface area contributed by atoms with Crippen LogP contribution < -0.4 is 16.0 Å². The van der Waals surface area contributed by atoms with Crippen LogP contribution in [0.25, 0.3) is 10.9 Å². The van der Waals surface area contributed by atoms with E-state index in [0.717, 1.165) is 36.1 Å². The number of benzene rings is 1. The van der Waals surface area contributed by atoms with Crippen LogP contribution in [0.3, 0.4) is 0 Å². The summed E-state index contributed by atoms with van der Waals surface area (Å²) in [5, 5.41) is 9.82. The van der Waals surface area contributed by atoms with E-state index < -0.39 is 0 Å². The second-order valence-electron chi connectivity index (χ2n) is 5.57. The molecule has 1 aliphatic heterocycles. The zero-order valence-electron chi connectivity index (χ0n) is 12.6. The van der Waals surface area contributed by atoms with Crippen molar-refractivity contribution in [2.45, 2.75) is 13.0 Å². The molecule has 2 aromatic rings. The molecular formula is C16H20N4O2. The molecule has 0 saturated carbocycles. The van der Waals surface area contributed by atoms with E-state index in [9.17, 15) is 9.59 Å². The number of nitrogens with zero attached hydrogens (tertiary/aromatic N) is 1. The Labute approximate surface area is 128 Å². The maximum atomic E-state index is 12.2. The minimum absolute atomic E-state index is 0.0355. The number of amides is 2. The number of likely N-dealkylation sites (N-methyl/N-ethyl adjacent to an activating group) is 1. The molecule has 1 unspecified atom stereocenters. The van der Waals surface area contributed by atoms with Gasteiger partial charge in [-0.2, -0.15) is 0 Å². The minimum Gasteiger partial charge on any atom is -0.358 e. The summed E-state index contributed by atoms with van der Waals surface area (Å²) in [4.78, 5) is 23.7. The highest BCUT2D eigenvalue weighted by Crippen LogP contribution is 2.21. The Morgan fingerprint density at radius 2 is 2.23 bits per heavy atom. The van der Waals surface area contributed by atoms with Gasteiger partial charge in [0, 0.05) is 25.5 Å². The molecule has 3 N–H and O–H groups in total. The Hall–Kier alpha value is -2.34. The van der Waals surface area contributed by atoms with Crippen molar-refractivity contribution in [1.82, 2.24) is 15.2 Å². The van der Waals surface area contributed by atoms with E-state index in [1.165, 1.54) is 0 Å². The lowest BCUT2D eigenvalue weighted by molar-refractivity contribution is -0.121. The van der Waals surface area contributed by atoms with Gasteiger partial charge in [-0.15, -0.1) is 0 Å². The van der Waals surface area contributed by atoms with E-state index in [0.29, 0.717) is 0 Å². The lowest BCUT2D eigenvalue weighted by Gasteiger charge is -2.11. The van der Waals surface area contributed by atoms with Crippen molar-refractivity contribution in [1.29, 1.82) is 0 Å². The number of rotatable bonds is 4. The lowest BCUT2D eigenvalue weighted by atomic mass is 10.1. The van der Waals surface area contributed by atoms with Crippen molar-refractivity contribution in [3.05, 3.63) is 30.5 Å². The van der Waals surface area contributed by atoms with E-state index in [-0.39, 0.29) is 24.3 Å². The molecule has 3 rings (SSSR count). The van der Waals surface area contributed by atoms with Crippen LogP contribution in [0.2, 0.25) is 0 Å². The van der Waals surface area contributed by atoms with Gasteiger partial charge >= 0.3 is 0 Å². The summed E-state index contributed by atoms with van der Waals surface area (Å²) in [5.74, 6) is 0.0334. The van der Waals surface area contributed by atoms with E-state index in [1.54, 1.807) is 7.05 Å². The van der Waals surface area contributed by atoms with Crippen LogP contribution in [0.15, 0.2) is 30.5 Å². The Kier molecular flexibility index (Phi) is 4.11. The number of hydrogen-bond acceptors (Lipinski definition) is 3. The van der Waals surface area contributed by atoms with Gasteiger partial charge in [0.2, 0.25) is 11.8 Å². The van der Waals surface area contributed by atoms with Crippen LogP contribution in [0.4, 0.5) is 5.69 Å². The van der Waals surface area contributed by atoms with E-state index in [1.807, 2.05) is 35.0 Å². The SMILES string of the molecule is CNC(=O)Cn1ccc2ccc(NC(=O)C3CCNC3)cc21. The van der Waals surface area contributed by atoms with Crippen LogP contribution in [0.1, 0.15) is 6.42 Å². The number of hydrogen-bond donors (Lipinski definition) is 3. The standard InChI is InChI=1S/C16H20N4O2/c1-17-15(21)10-20-7-5-11-2-3-13(8-14(11)20)19-16(22)12-4-6-18-9-12/h2-3,5,7-8,12,18H,4,6,9-10H2,1H3,(H,17,21)(H,19,22). The number of anilines is 1. The topological polar surface area (TPSA) is 75.2 Å². The fourth-order valence-electron chi connectivity index (χ4n) is 2.76. The van der Waals surface area contributed by atoms with Gasteiger partial charge in [-0.05, 0) is 36.6 Å². The average molecular weight is 300 g/mol. The third-order valence-corrected chi connectivity index (χ3v) is 4.07. The van der Waals surface area contributed by atoms with Crippen LogP contribution in [0.5, 0.6) is 0 Å². The second kappa shape index (κ2) is 6.19. The van der Waals surface area contributed by atoms with E-state index in [4.69, 9.17) is 0 Å². The molecule has 1 fully saturated rings. The molecular weight excluding hydrogens is 280 g/mol. The zero-order chi connectivity index (χ0) is 15.5. The summed E-state index contributed by atoms with van der Waals surface area (Å²) >= 11 is 0. The molecule has 0 spiro atoms. The molecule has 6 nitrogen and oxygen atoms in total. The van der Waals surface area contributed by atoms with Gasteiger partial charge in [-0.1, -0.05) is 6.07 Å². The number of nitrogens with one attached hydrogen (secondary N) is 3. The van der Waals surface area contributed by atoms with Crippen LogP contribution in [-0.4, -0.2) is 36.5 Å². The van der Waals surface area contributed by atoms with Crippen molar-refractivity contribution in [3.63, 3.8) is 0 Å². The van der Waals surface area contributed by atoms with Crippen molar-refractivity contribution in [3.8, 4) is 0 Å². The summed E-state index contributed by atoms with van der Waals surface area (Å²) in [7, 11) is 1.62. The molecule has 0 aliphatic carbocycles. The minimum atomic E-state index is -0.0519. The first-order valence-corrected chi connectivity index (χ1v) is 7.48. The number of aromatic nitrogens is 1. The second-order valence-corrected chi connectivity index (χ2v) is 5.57. The third kappa shape index (κ3) is 2.96. The van der Waals surface area contributed by atoms with Gasteiger partial charge in [-0.25, -0.2) is 0 Å². The van der Waals surface area contributed by atoms with E-state index in [2.05, 4.69) is 16.0 Å². The van der Waals surface area contributed by atoms with Crippen molar-refractivity contribution in [2.24, 2.45) is 5.92 Å². The van der Waals surface area contributed by atoms with Crippen LogP contribution in [0, 0.1) is 5.92 Å². The Balaban J connectivity index is 1.80. The van der Waals surface area contributed by atoms with Crippen molar-refractivity contribution >= 4 is 28.4 Å². The van der Waals surface area contributed by atoms with Crippen LogP contribution in [-0.2, 0) is 16.1 Å². The van der Waals surface area contributed by atoms with Gasteiger partial charge in [0.15, 0.2) is 0 Å². The Bertz CT molecular complexity index is 701. The smallest absolute Gasteiger partial charge is 0.239 e. The Morgan fingerprint density at radius 1 is 1.36 bits per heavy atom. The Morgan fingerprint density at radius 3 is 2.95 bits per heavy atom. The molecule has 1 aliphatic rings. The monoisotopic (exact) mass is 300 g/mol. The number of carbonyl (C=O) groups excluding carboxylic acids is 2. The summed E-state index contributed by atoms with van der Waals surface area (Å²) < 4.78 is 1.88. The number of fused-ring (bicyclic) bond motifs is 1. The highest BCUT2D eigenvalue weighted by molar-refractivity contribution is 5.95. The number of carbonyl (C=O) groups is 2. The third-order valence-electron chi connectivity index (χ3n) is 4.07. The molecule has 1 atom stereocenters. The molecule has 0 radical (unpaired) electrons. The van der Waals surface area contributed by atoms with Gasteiger partial charge in [-0.3, -0.25) is 9.59 Å². The largest absolute Gasteiger partial charge is 0.358 e. The van der Waals surface area contributed by atoms with Crippen molar-refractivity contribution < 1.29 is 9.59 Å². The maximum absolute atomic E-state index is 12.2. The molecule has 1 aromatic carbocycles. The fraction of sp³-hybridized carbons (Fsp3) is 0.375. The molecule has 2 amide bonds. The molecule has 2 heterocycles. The normalized spacial score (nSPS) is 17.6. The first-order chi connectivity index (χ1) is 10.7. The first-order valence-electron chi connectivity index (χ1n) is 7.48. The van der Waals surface area contributed by atoms with Gasteiger partial charge in [0.05, 0.1) is 11.4 Å². The quantitative estimate of drug-likeness (QED) is 0.786. The molecule has 6 heteroatoms. The average Bonchev–Trinajstić information content (AvgIpc) is 3.17. The lowest BCUT2D eigenvalue weighted by Crippen LogP contribution is -2.24. The molecule has 0 bridgehead atoms.